The number of nitrogens with zero attached hydrogens (tertiary/aromatic N) is 1. The van der Waals surface area contributed by atoms with Gasteiger partial charge in [0, 0.05) is 31.7 Å². The summed E-state index contributed by atoms with van der Waals surface area (Å²) in [4.78, 5) is 2.49. The van der Waals surface area contributed by atoms with Crippen LogP contribution >= 0.6 is 0 Å². The van der Waals surface area contributed by atoms with Crippen molar-refractivity contribution in [3.05, 3.63) is 0 Å². The lowest BCUT2D eigenvalue weighted by molar-refractivity contribution is -0.0555. The summed E-state index contributed by atoms with van der Waals surface area (Å²) in [6.45, 7) is 11.5. The first-order valence-electron chi connectivity index (χ1n) is 7.50. The van der Waals surface area contributed by atoms with E-state index in [4.69, 9.17) is 9.47 Å². The van der Waals surface area contributed by atoms with Gasteiger partial charge in [-0.15, -0.1) is 0 Å². The number of ether oxygens (including phenoxy) is 2. The van der Waals surface area contributed by atoms with E-state index < -0.39 is 0 Å². The first kappa shape index (κ1) is 14.3. The lowest BCUT2D eigenvalue weighted by atomic mass is 9.93. The predicted octanol–water partition coefficient (Wildman–Crippen LogP) is 1.11. The molecule has 4 heteroatoms. The molecule has 18 heavy (non-hydrogen) atoms. The maximum absolute atomic E-state index is 6.02. The minimum absolute atomic E-state index is 0.331. The number of hydrogen-bond acceptors (Lipinski definition) is 4. The molecule has 2 heterocycles. The molecule has 2 aliphatic rings. The van der Waals surface area contributed by atoms with Gasteiger partial charge in [0.25, 0.3) is 0 Å². The Morgan fingerprint density at radius 3 is 2.89 bits per heavy atom. The average molecular weight is 256 g/mol. The van der Waals surface area contributed by atoms with Crippen LogP contribution in [0.5, 0.6) is 0 Å². The van der Waals surface area contributed by atoms with Gasteiger partial charge in [0.15, 0.2) is 0 Å². The molecule has 2 fully saturated rings. The third-order valence-corrected chi connectivity index (χ3v) is 4.13. The third-order valence-electron chi connectivity index (χ3n) is 4.13. The third kappa shape index (κ3) is 3.67. The van der Waals surface area contributed by atoms with Gasteiger partial charge in [0.05, 0.1) is 19.3 Å². The van der Waals surface area contributed by atoms with E-state index >= 15 is 0 Å². The second-order valence-corrected chi connectivity index (χ2v) is 5.41. The van der Waals surface area contributed by atoms with Crippen LogP contribution in [0.1, 0.15) is 26.7 Å². The van der Waals surface area contributed by atoms with Crippen LogP contribution in [0.2, 0.25) is 0 Å². The number of likely N-dealkylation sites (N-methyl/N-ethyl adjacent to an activating group) is 1. The summed E-state index contributed by atoms with van der Waals surface area (Å²) in [7, 11) is 0. The molecular formula is C14H28N2O2. The summed E-state index contributed by atoms with van der Waals surface area (Å²) in [5, 5.41) is 3.69. The van der Waals surface area contributed by atoms with E-state index in [1.807, 2.05) is 0 Å². The molecule has 2 saturated heterocycles. The van der Waals surface area contributed by atoms with Crippen LogP contribution in [0.25, 0.3) is 0 Å². The Morgan fingerprint density at radius 1 is 1.33 bits per heavy atom. The van der Waals surface area contributed by atoms with Gasteiger partial charge in [-0.2, -0.15) is 0 Å². The second kappa shape index (κ2) is 7.43. The van der Waals surface area contributed by atoms with Crippen LogP contribution in [-0.2, 0) is 9.47 Å². The zero-order valence-corrected chi connectivity index (χ0v) is 11.9. The molecule has 0 saturated carbocycles. The highest BCUT2D eigenvalue weighted by Gasteiger charge is 2.34. The molecule has 0 radical (unpaired) electrons. The Morgan fingerprint density at radius 2 is 2.22 bits per heavy atom. The van der Waals surface area contributed by atoms with E-state index in [0.717, 1.165) is 46.0 Å². The van der Waals surface area contributed by atoms with Crippen molar-refractivity contribution < 1.29 is 9.47 Å². The van der Waals surface area contributed by atoms with Crippen LogP contribution < -0.4 is 5.32 Å². The number of morpholine rings is 1. The molecule has 0 aromatic heterocycles. The molecule has 0 bridgehead atoms. The normalized spacial score (nSPS) is 31.7. The molecule has 4 nitrogen and oxygen atoms in total. The summed E-state index contributed by atoms with van der Waals surface area (Å²) in [6, 6.07) is 0.460. The Labute approximate surface area is 111 Å². The maximum atomic E-state index is 6.02. The molecule has 2 aliphatic heterocycles. The predicted molar refractivity (Wildman–Crippen MR) is 72.9 cm³/mol. The fourth-order valence-corrected chi connectivity index (χ4v) is 2.98. The van der Waals surface area contributed by atoms with E-state index in [1.165, 1.54) is 12.8 Å². The van der Waals surface area contributed by atoms with Crippen LogP contribution in [-0.4, -0.2) is 63.0 Å². The van der Waals surface area contributed by atoms with Gasteiger partial charge in [-0.05, 0) is 25.9 Å². The molecule has 3 unspecified atom stereocenters. The zero-order valence-electron chi connectivity index (χ0n) is 11.9. The molecule has 106 valence electrons. The van der Waals surface area contributed by atoms with Crippen molar-refractivity contribution in [2.75, 3.05) is 46.0 Å². The van der Waals surface area contributed by atoms with Crippen molar-refractivity contribution in [3.8, 4) is 0 Å². The van der Waals surface area contributed by atoms with Crippen molar-refractivity contribution >= 4 is 0 Å². The quantitative estimate of drug-likeness (QED) is 0.772. The minimum Gasteiger partial charge on any atom is -0.381 e. The van der Waals surface area contributed by atoms with Crippen LogP contribution in [0.4, 0.5) is 0 Å². The van der Waals surface area contributed by atoms with Gasteiger partial charge < -0.3 is 14.8 Å². The highest BCUT2D eigenvalue weighted by molar-refractivity contribution is 4.89. The Kier molecular flexibility index (Phi) is 5.89. The smallest absolute Gasteiger partial charge is 0.0858 e. The van der Waals surface area contributed by atoms with Gasteiger partial charge in [0.1, 0.15) is 0 Å². The van der Waals surface area contributed by atoms with Crippen molar-refractivity contribution in [2.45, 2.75) is 38.8 Å². The van der Waals surface area contributed by atoms with E-state index in [-0.39, 0.29) is 0 Å². The van der Waals surface area contributed by atoms with Crippen molar-refractivity contribution in [1.82, 2.24) is 10.2 Å². The highest BCUT2D eigenvalue weighted by Crippen LogP contribution is 2.22. The Bertz CT molecular complexity index is 232. The van der Waals surface area contributed by atoms with Gasteiger partial charge >= 0.3 is 0 Å². The molecule has 0 aliphatic carbocycles. The molecule has 1 N–H and O–H groups in total. The first-order valence-corrected chi connectivity index (χ1v) is 7.50. The number of nitrogens with one attached hydrogen (secondary N) is 1. The van der Waals surface area contributed by atoms with Gasteiger partial charge in [-0.3, -0.25) is 4.90 Å². The molecule has 3 atom stereocenters. The summed E-state index contributed by atoms with van der Waals surface area (Å²) in [5.74, 6) is 0.623. The van der Waals surface area contributed by atoms with Crippen molar-refractivity contribution in [2.24, 2.45) is 5.92 Å². The minimum atomic E-state index is 0.331. The lowest BCUT2D eigenvalue weighted by Crippen LogP contribution is -2.55. The summed E-state index contributed by atoms with van der Waals surface area (Å²) >= 11 is 0. The van der Waals surface area contributed by atoms with Gasteiger partial charge in [0.2, 0.25) is 0 Å². The second-order valence-electron chi connectivity index (χ2n) is 5.41. The van der Waals surface area contributed by atoms with Crippen molar-refractivity contribution in [1.29, 1.82) is 0 Å². The average Bonchev–Trinajstić information content (AvgIpc) is 2.93. The maximum Gasteiger partial charge on any atom is 0.0858 e. The van der Waals surface area contributed by atoms with Gasteiger partial charge in [-0.25, -0.2) is 0 Å². The highest BCUT2D eigenvalue weighted by atomic mass is 16.5. The topological polar surface area (TPSA) is 33.7 Å². The van der Waals surface area contributed by atoms with E-state index in [0.29, 0.717) is 18.1 Å². The molecule has 0 aromatic rings. The van der Waals surface area contributed by atoms with E-state index in [1.54, 1.807) is 0 Å². The fraction of sp³-hybridized carbons (Fsp3) is 1.00. The zero-order chi connectivity index (χ0) is 12.8. The standard InChI is InChI=1S/C14H28N2O2/c1-3-6-15-14(12-5-8-17-11-12)13-10-16(4-2)7-9-18-13/h12-15H,3-11H2,1-2H3. The van der Waals surface area contributed by atoms with Crippen molar-refractivity contribution in [3.63, 3.8) is 0 Å². The van der Waals surface area contributed by atoms with Crippen LogP contribution in [0.15, 0.2) is 0 Å². The Hall–Kier alpha value is -0.160. The van der Waals surface area contributed by atoms with Crippen LogP contribution in [0, 0.1) is 5.92 Å². The molecule has 0 amide bonds. The van der Waals surface area contributed by atoms with E-state index in [9.17, 15) is 0 Å². The summed E-state index contributed by atoms with van der Waals surface area (Å²) in [6.07, 6.45) is 2.68. The Balaban J connectivity index is 1.93. The fourth-order valence-electron chi connectivity index (χ4n) is 2.98. The SMILES string of the molecule is CCCNC(C1CCOC1)C1CN(CC)CCO1. The lowest BCUT2D eigenvalue weighted by Gasteiger charge is -2.39. The number of rotatable bonds is 6. The van der Waals surface area contributed by atoms with Crippen LogP contribution in [0.3, 0.4) is 0 Å². The van der Waals surface area contributed by atoms with Gasteiger partial charge in [-0.1, -0.05) is 13.8 Å². The first-order chi connectivity index (χ1) is 8.85. The molecule has 0 spiro atoms. The molecule has 2 rings (SSSR count). The molecular weight excluding hydrogens is 228 g/mol. The largest absolute Gasteiger partial charge is 0.381 e. The summed E-state index contributed by atoms with van der Waals surface area (Å²) < 4.78 is 11.6. The summed E-state index contributed by atoms with van der Waals surface area (Å²) in [5.41, 5.74) is 0. The monoisotopic (exact) mass is 256 g/mol. The van der Waals surface area contributed by atoms with E-state index in [2.05, 4.69) is 24.1 Å². The molecule has 0 aromatic carbocycles. The number of hydrogen-bond donors (Lipinski definition) is 1.